The molecule has 3 nitrogen and oxygen atoms in total. The topological polar surface area (TPSA) is 48.0 Å². The minimum atomic E-state index is -0.497. The highest BCUT2D eigenvalue weighted by atomic mass is 16.3. The molecule has 1 aliphatic carbocycles. The lowest BCUT2D eigenvalue weighted by Gasteiger charge is -2.35. The molecule has 0 amide bonds. The first-order chi connectivity index (χ1) is 9.65. The van der Waals surface area contributed by atoms with Crippen LogP contribution in [0.1, 0.15) is 38.2 Å². The van der Waals surface area contributed by atoms with E-state index in [0.29, 0.717) is 6.54 Å². The Morgan fingerprint density at radius 2 is 2.10 bits per heavy atom. The Labute approximate surface area is 120 Å². The molecule has 20 heavy (non-hydrogen) atoms. The van der Waals surface area contributed by atoms with Crippen LogP contribution in [0, 0.1) is 5.92 Å². The molecule has 3 heteroatoms. The lowest BCUT2D eigenvalue weighted by molar-refractivity contribution is -0.00629. The van der Waals surface area contributed by atoms with E-state index in [2.05, 4.69) is 41.5 Å². The zero-order valence-corrected chi connectivity index (χ0v) is 12.2. The Kier molecular flexibility index (Phi) is 3.81. The van der Waals surface area contributed by atoms with Gasteiger partial charge in [-0.05, 0) is 54.7 Å². The molecule has 0 bridgehead atoms. The van der Waals surface area contributed by atoms with Crippen molar-refractivity contribution < 1.29 is 5.11 Å². The van der Waals surface area contributed by atoms with Crippen molar-refractivity contribution in [1.29, 1.82) is 0 Å². The molecule has 1 fully saturated rings. The highest BCUT2D eigenvalue weighted by molar-refractivity contribution is 5.79. The molecule has 0 atom stereocenters. The highest BCUT2D eigenvalue weighted by Crippen LogP contribution is 2.31. The molecule has 0 saturated heterocycles. The predicted octanol–water partition coefficient (Wildman–Crippen LogP) is 3.20. The van der Waals surface area contributed by atoms with E-state index in [9.17, 15) is 5.11 Å². The van der Waals surface area contributed by atoms with Gasteiger partial charge >= 0.3 is 0 Å². The van der Waals surface area contributed by atoms with Gasteiger partial charge in [0.25, 0.3) is 0 Å². The van der Waals surface area contributed by atoms with Gasteiger partial charge in [-0.15, -0.1) is 0 Å². The van der Waals surface area contributed by atoms with E-state index < -0.39 is 5.60 Å². The zero-order chi connectivity index (χ0) is 14.0. The molecule has 108 valence electrons. The Morgan fingerprint density at radius 3 is 2.90 bits per heavy atom. The van der Waals surface area contributed by atoms with Gasteiger partial charge in [-0.2, -0.15) is 0 Å². The van der Waals surface area contributed by atoms with Crippen LogP contribution in [0.5, 0.6) is 0 Å². The van der Waals surface area contributed by atoms with Crippen LogP contribution < -0.4 is 5.32 Å². The van der Waals surface area contributed by atoms with Gasteiger partial charge in [-0.3, -0.25) is 0 Å². The average Bonchev–Trinajstić information content (AvgIpc) is 2.90. The third-order valence-electron chi connectivity index (χ3n) is 4.61. The first-order valence-corrected chi connectivity index (χ1v) is 7.64. The maximum absolute atomic E-state index is 10.5. The number of aliphatic hydroxyl groups is 1. The van der Waals surface area contributed by atoms with Crippen molar-refractivity contribution >= 4 is 10.9 Å². The van der Waals surface area contributed by atoms with Gasteiger partial charge in [0, 0.05) is 24.8 Å². The van der Waals surface area contributed by atoms with Crippen LogP contribution in [0.4, 0.5) is 0 Å². The molecule has 3 rings (SSSR count). The molecular formula is C17H24N2O. The number of fused-ring (bicyclic) bond motifs is 1. The number of H-pyrrole nitrogens is 1. The fourth-order valence-electron chi connectivity index (χ4n) is 3.12. The van der Waals surface area contributed by atoms with Crippen LogP contribution in [-0.4, -0.2) is 22.2 Å². The van der Waals surface area contributed by atoms with Crippen molar-refractivity contribution in [2.75, 3.05) is 6.54 Å². The van der Waals surface area contributed by atoms with Gasteiger partial charge in [0.05, 0.1) is 5.60 Å². The van der Waals surface area contributed by atoms with Crippen LogP contribution in [0.25, 0.3) is 10.9 Å². The van der Waals surface area contributed by atoms with Gasteiger partial charge < -0.3 is 15.4 Å². The molecular weight excluding hydrogens is 248 g/mol. The smallest absolute Gasteiger partial charge is 0.0771 e. The van der Waals surface area contributed by atoms with Gasteiger partial charge in [0.15, 0.2) is 0 Å². The van der Waals surface area contributed by atoms with Crippen molar-refractivity contribution in [3.8, 4) is 0 Å². The van der Waals surface area contributed by atoms with E-state index in [0.717, 1.165) is 38.1 Å². The number of aromatic amines is 1. The van der Waals surface area contributed by atoms with E-state index in [1.54, 1.807) is 0 Å². The van der Waals surface area contributed by atoms with E-state index >= 15 is 0 Å². The largest absolute Gasteiger partial charge is 0.389 e. The molecule has 1 saturated carbocycles. The highest BCUT2D eigenvalue weighted by Gasteiger charge is 2.31. The molecule has 0 spiro atoms. The Hall–Kier alpha value is -1.32. The lowest BCUT2D eigenvalue weighted by atomic mass is 9.79. The van der Waals surface area contributed by atoms with Crippen molar-refractivity contribution in [3.05, 3.63) is 36.0 Å². The molecule has 1 aromatic carbocycles. The summed E-state index contributed by atoms with van der Waals surface area (Å²) in [5.41, 5.74) is 1.94. The average molecular weight is 272 g/mol. The fourth-order valence-corrected chi connectivity index (χ4v) is 3.12. The lowest BCUT2D eigenvalue weighted by Crippen LogP contribution is -2.43. The Balaban J connectivity index is 1.54. The maximum atomic E-state index is 10.5. The van der Waals surface area contributed by atoms with Gasteiger partial charge in [-0.1, -0.05) is 19.1 Å². The van der Waals surface area contributed by atoms with Gasteiger partial charge in [0.1, 0.15) is 0 Å². The van der Waals surface area contributed by atoms with E-state index in [-0.39, 0.29) is 0 Å². The molecule has 2 aromatic rings. The molecule has 3 N–H and O–H groups in total. The molecule has 1 aromatic heterocycles. The van der Waals surface area contributed by atoms with E-state index in [1.807, 2.05) is 6.20 Å². The third-order valence-corrected chi connectivity index (χ3v) is 4.61. The quantitative estimate of drug-likeness (QED) is 0.800. The molecule has 1 aliphatic rings. The second kappa shape index (κ2) is 5.58. The first kappa shape index (κ1) is 13.7. The van der Waals surface area contributed by atoms with Crippen LogP contribution >= 0.6 is 0 Å². The minimum Gasteiger partial charge on any atom is -0.389 e. The molecule has 1 heterocycles. The van der Waals surface area contributed by atoms with E-state index in [4.69, 9.17) is 0 Å². The second-order valence-electron chi connectivity index (χ2n) is 6.41. The second-order valence-corrected chi connectivity index (χ2v) is 6.41. The zero-order valence-electron chi connectivity index (χ0n) is 12.2. The summed E-state index contributed by atoms with van der Waals surface area (Å²) in [5.74, 6) is 0.769. The third kappa shape index (κ3) is 3.05. The number of rotatable bonds is 4. The standard InChI is InChI=1S/C17H24N2O/c1-13-4-7-17(20,8-5-13)12-18-11-14-2-3-15-6-9-19-16(15)10-14/h2-3,6,9-10,13,18-20H,4-5,7-8,11-12H2,1H3. The number of benzene rings is 1. The van der Waals surface area contributed by atoms with Crippen molar-refractivity contribution in [2.45, 2.75) is 44.8 Å². The van der Waals surface area contributed by atoms with Crippen molar-refractivity contribution in [1.82, 2.24) is 10.3 Å². The SMILES string of the molecule is CC1CCC(O)(CNCc2ccc3cc[nH]c3c2)CC1. The summed E-state index contributed by atoms with van der Waals surface area (Å²) in [6.45, 7) is 3.79. The summed E-state index contributed by atoms with van der Waals surface area (Å²) < 4.78 is 0. The first-order valence-electron chi connectivity index (χ1n) is 7.64. The normalized spacial score (nSPS) is 27.0. The van der Waals surface area contributed by atoms with Gasteiger partial charge in [-0.25, -0.2) is 0 Å². The number of aromatic nitrogens is 1. The monoisotopic (exact) mass is 272 g/mol. The van der Waals surface area contributed by atoms with Crippen LogP contribution in [0.15, 0.2) is 30.5 Å². The summed E-state index contributed by atoms with van der Waals surface area (Å²) in [5, 5.41) is 15.2. The molecule has 0 radical (unpaired) electrons. The molecule has 0 aliphatic heterocycles. The summed E-state index contributed by atoms with van der Waals surface area (Å²) in [6.07, 6.45) is 6.11. The van der Waals surface area contributed by atoms with Crippen LogP contribution in [-0.2, 0) is 6.54 Å². The summed E-state index contributed by atoms with van der Waals surface area (Å²) in [4.78, 5) is 3.23. The number of hydrogen-bond acceptors (Lipinski definition) is 2. The minimum absolute atomic E-state index is 0.497. The number of nitrogens with one attached hydrogen (secondary N) is 2. The number of hydrogen-bond donors (Lipinski definition) is 3. The Bertz CT molecular complexity index is 567. The summed E-state index contributed by atoms with van der Waals surface area (Å²) in [6, 6.07) is 8.55. The fraction of sp³-hybridized carbons (Fsp3) is 0.529. The summed E-state index contributed by atoms with van der Waals surface area (Å²) in [7, 11) is 0. The van der Waals surface area contributed by atoms with Crippen molar-refractivity contribution in [3.63, 3.8) is 0 Å². The Morgan fingerprint density at radius 1 is 1.30 bits per heavy atom. The molecule has 0 unspecified atom stereocenters. The van der Waals surface area contributed by atoms with Crippen LogP contribution in [0.2, 0.25) is 0 Å². The maximum Gasteiger partial charge on any atom is 0.0771 e. The summed E-state index contributed by atoms with van der Waals surface area (Å²) >= 11 is 0. The van der Waals surface area contributed by atoms with E-state index in [1.165, 1.54) is 16.5 Å². The predicted molar refractivity (Wildman–Crippen MR) is 82.6 cm³/mol. The van der Waals surface area contributed by atoms with Crippen LogP contribution in [0.3, 0.4) is 0 Å². The van der Waals surface area contributed by atoms with Crippen molar-refractivity contribution in [2.24, 2.45) is 5.92 Å². The van der Waals surface area contributed by atoms with Gasteiger partial charge in [0.2, 0.25) is 0 Å².